The lowest BCUT2D eigenvalue weighted by Gasteiger charge is -2.12. The normalized spacial score (nSPS) is 11.0. The molecule has 7 heteroatoms. The number of hydrogen-bond donors (Lipinski definition) is 3. The van der Waals surface area contributed by atoms with Crippen molar-refractivity contribution in [1.29, 1.82) is 0 Å². The molecule has 0 aliphatic carbocycles. The second-order valence-corrected chi connectivity index (χ2v) is 6.06. The minimum atomic E-state index is -0.488. The third-order valence-corrected chi connectivity index (χ3v) is 3.29. The van der Waals surface area contributed by atoms with E-state index in [1.807, 2.05) is 25.1 Å². The van der Waals surface area contributed by atoms with Crippen molar-refractivity contribution in [1.82, 2.24) is 10.6 Å². The van der Waals surface area contributed by atoms with Crippen LogP contribution >= 0.6 is 24.0 Å². The highest BCUT2D eigenvalue weighted by Crippen LogP contribution is 2.14. The Morgan fingerprint density at radius 2 is 2.08 bits per heavy atom. The predicted octanol–water partition coefficient (Wildman–Crippen LogP) is 2.66. The van der Waals surface area contributed by atoms with Crippen LogP contribution in [0, 0.1) is 5.92 Å². The van der Waals surface area contributed by atoms with Gasteiger partial charge in [-0.1, -0.05) is 26.0 Å². The van der Waals surface area contributed by atoms with Crippen molar-refractivity contribution < 1.29 is 9.53 Å². The molecule has 1 amide bonds. The lowest BCUT2D eigenvalue weighted by Crippen LogP contribution is -2.37. The van der Waals surface area contributed by atoms with Crippen LogP contribution in [0.1, 0.15) is 39.2 Å². The van der Waals surface area contributed by atoms with Gasteiger partial charge in [0.15, 0.2) is 12.6 Å². The van der Waals surface area contributed by atoms with Crippen LogP contribution in [-0.2, 0) is 11.3 Å². The Morgan fingerprint density at radius 1 is 1.32 bits per heavy atom. The number of nitrogens with two attached hydrogens (primary N) is 1. The summed E-state index contributed by atoms with van der Waals surface area (Å²) in [6, 6.07) is 7.52. The molecule has 6 nitrogen and oxygen atoms in total. The van der Waals surface area contributed by atoms with E-state index in [1.54, 1.807) is 6.07 Å². The first kappa shape index (κ1) is 23.5. The predicted molar refractivity (Wildman–Crippen MR) is 113 cm³/mol. The molecule has 25 heavy (non-hydrogen) atoms. The first-order valence-corrected chi connectivity index (χ1v) is 8.53. The molecule has 0 atom stereocenters. The average molecular weight is 462 g/mol. The number of nitrogens with one attached hydrogen (secondary N) is 2. The number of hydrogen-bond acceptors (Lipinski definition) is 3. The summed E-state index contributed by atoms with van der Waals surface area (Å²) < 4.78 is 5.31. The van der Waals surface area contributed by atoms with Crippen molar-refractivity contribution >= 4 is 35.8 Å². The van der Waals surface area contributed by atoms with Crippen LogP contribution in [0.15, 0.2) is 29.3 Å². The first-order chi connectivity index (χ1) is 11.5. The summed E-state index contributed by atoms with van der Waals surface area (Å²) in [6.45, 7) is 8.65. The molecular weight excluding hydrogens is 431 g/mol. The molecular formula is C18H31IN4O2. The first-order valence-electron chi connectivity index (χ1n) is 8.53. The van der Waals surface area contributed by atoms with Gasteiger partial charge in [-0.25, -0.2) is 4.99 Å². The van der Waals surface area contributed by atoms with E-state index < -0.39 is 5.91 Å². The van der Waals surface area contributed by atoms with Gasteiger partial charge in [0, 0.05) is 13.1 Å². The molecule has 0 heterocycles. The number of ether oxygens (including phenoxy) is 1. The van der Waals surface area contributed by atoms with E-state index in [0.29, 0.717) is 12.3 Å². The van der Waals surface area contributed by atoms with E-state index in [1.165, 1.54) is 6.42 Å². The highest BCUT2D eigenvalue weighted by molar-refractivity contribution is 14.0. The van der Waals surface area contributed by atoms with Crippen LogP contribution in [0.4, 0.5) is 0 Å². The second kappa shape index (κ2) is 13.7. The van der Waals surface area contributed by atoms with Crippen molar-refractivity contribution in [3.63, 3.8) is 0 Å². The molecule has 0 bridgehead atoms. The molecule has 0 radical (unpaired) electrons. The molecule has 142 valence electrons. The molecule has 1 rings (SSSR count). The van der Waals surface area contributed by atoms with Crippen molar-refractivity contribution in [2.45, 2.75) is 40.2 Å². The lowest BCUT2D eigenvalue weighted by atomic mass is 10.1. The summed E-state index contributed by atoms with van der Waals surface area (Å²) in [7, 11) is 0. The van der Waals surface area contributed by atoms with Crippen molar-refractivity contribution in [2.24, 2.45) is 16.6 Å². The molecule has 0 aromatic heterocycles. The summed E-state index contributed by atoms with van der Waals surface area (Å²) in [4.78, 5) is 15.4. The van der Waals surface area contributed by atoms with E-state index >= 15 is 0 Å². The fraction of sp³-hybridized carbons (Fsp3) is 0.556. The van der Waals surface area contributed by atoms with Gasteiger partial charge < -0.3 is 21.1 Å². The van der Waals surface area contributed by atoms with Crippen molar-refractivity contribution in [2.75, 3.05) is 19.7 Å². The van der Waals surface area contributed by atoms with Crippen LogP contribution in [0.25, 0.3) is 0 Å². The van der Waals surface area contributed by atoms with Gasteiger partial charge in [-0.15, -0.1) is 24.0 Å². The quantitative estimate of drug-likeness (QED) is 0.216. The Morgan fingerprint density at radius 3 is 2.72 bits per heavy atom. The van der Waals surface area contributed by atoms with Gasteiger partial charge in [-0.2, -0.15) is 0 Å². The third-order valence-electron chi connectivity index (χ3n) is 3.29. The van der Waals surface area contributed by atoms with E-state index in [0.717, 1.165) is 37.0 Å². The number of nitrogens with zero attached hydrogens (tertiary/aromatic N) is 1. The Kier molecular flexibility index (Phi) is 12.9. The summed E-state index contributed by atoms with van der Waals surface area (Å²) in [5.41, 5.74) is 6.09. The van der Waals surface area contributed by atoms with E-state index in [2.05, 4.69) is 29.5 Å². The summed E-state index contributed by atoms with van der Waals surface area (Å²) in [5, 5.41) is 6.59. The summed E-state index contributed by atoms with van der Waals surface area (Å²) in [5.74, 6) is 1.66. The molecule has 0 aliphatic heterocycles. The third kappa shape index (κ3) is 11.6. The van der Waals surface area contributed by atoms with E-state index in [-0.39, 0.29) is 30.6 Å². The molecule has 0 aliphatic rings. The fourth-order valence-electron chi connectivity index (χ4n) is 2.12. The van der Waals surface area contributed by atoms with Gasteiger partial charge in [0.2, 0.25) is 0 Å². The molecule has 0 unspecified atom stereocenters. The average Bonchev–Trinajstić information content (AvgIpc) is 2.54. The van der Waals surface area contributed by atoms with Gasteiger partial charge in [-0.3, -0.25) is 4.79 Å². The molecule has 4 N–H and O–H groups in total. The van der Waals surface area contributed by atoms with Gasteiger partial charge in [-0.05, 0) is 43.4 Å². The molecule has 0 saturated carbocycles. The number of carbonyl (C=O) groups excluding carboxylic acids is 1. The number of aliphatic imine (C=N–C) groups is 1. The van der Waals surface area contributed by atoms with Crippen LogP contribution in [0.3, 0.4) is 0 Å². The number of rotatable bonds is 10. The number of amides is 1. The minimum absolute atomic E-state index is 0. The highest BCUT2D eigenvalue weighted by atomic mass is 127. The van der Waals surface area contributed by atoms with Gasteiger partial charge in [0.1, 0.15) is 5.75 Å². The lowest BCUT2D eigenvalue weighted by molar-refractivity contribution is -0.119. The van der Waals surface area contributed by atoms with E-state index in [9.17, 15) is 4.79 Å². The maximum atomic E-state index is 10.8. The summed E-state index contributed by atoms with van der Waals surface area (Å²) in [6.07, 6.45) is 2.32. The fourth-order valence-corrected chi connectivity index (χ4v) is 2.12. The standard InChI is InChI=1S/C18H30N4O2.HI/c1-4-20-18(21-10-6-7-14(2)3)22-12-15-8-5-9-16(11-15)24-13-17(19)23;/h5,8-9,11,14H,4,6-7,10,12-13H2,1-3H3,(H2,19,23)(H2,20,21,22);1H. The van der Waals surface area contributed by atoms with Gasteiger partial charge in [0.05, 0.1) is 6.54 Å². The topological polar surface area (TPSA) is 88.7 Å². The van der Waals surface area contributed by atoms with Gasteiger partial charge in [0.25, 0.3) is 5.91 Å². The summed E-state index contributed by atoms with van der Waals surface area (Å²) >= 11 is 0. The van der Waals surface area contributed by atoms with Crippen LogP contribution in [0.2, 0.25) is 0 Å². The maximum absolute atomic E-state index is 10.8. The number of primary amides is 1. The molecule has 0 saturated heterocycles. The van der Waals surface area contributed by atoms with Crippen LogP contribution in [0.5, 0.6) is 5.75 Å². The zero-order valence-electron chi connectivity index (χ0n) is 15.4. The SMILES string of the molecule is CCNC(=NCc1cccc(OCC(N)=O)c1)NCCCC(C)C.I. The zero-order valence-corrected chi connectivity index (χ0v) is 17.7. The van der Waals surface area contributed by atoms with Gasteiger partial charge >= 0.3 is 0 Å². The van der Waals surface area contributed by atoms with Crippen LogP contribution < -0.4 is 21.1 Å². The van der Waals surface area contributed by atoms with E-state index in [4.69, 9.17) is 10.5 Å². The zero-order chi connectivity index (χ0) is 17.8. The smallest absolute Gasteiger partial charge is 0.255 e. The Balaban J connectivity index is 0.00000576. The molecule has 1 aromatic carbocycles. The molecule has 1 aromatic rings. The number of carbonyl (C=O) groups is 1. The molecule has 0 fully saturated rings. The largest absolute Gasteiger partial charge is 0.484 e. The second-order valence-electron chi connectivity index (χ2n) is 6.06. The Bertz CT molecular complexity index is 536. The number of halogens is 1. The van der Waals surface area contributed by atoms with Crippen molar-refractivity contribution in [3.05, 3.63) is 29.8 Å². The number of guanidine groups is 1. The minimum Gasteiger partial charge on any atom is -0.484 e. The van der Waals surface area contributed by atoms with Crippen molar-refractivity contribution in [3.8, 4) is 5.75 Å². The number of benzene rings is 1. The highest BCUT2D eigenvalue weighted by Gasteiger charge is 2.01. The Labute approximate surface area is 168 Å². The molecule has 0 spiro atoms. The van der Waals surface area contributed by atoms with Crippen LogP contribution in [-0.4, -0.2) is 31.6 Å². The maximum Gasteiger partial charge on any atom is 0.255 e. The monoisotopic (exact) mass is 462 g/mol. The Hall–Kier alpha value is -1.51.